The molecule has 1 aliphatic rings. The number of halogens is 1. The lowest BCUT2D eigenvalue weighted by Gasteiger charge is -2.28. The Morgan fingerprint density at radius 1 is 1.48 bits per heavy atom. The smallest absolute Gasteiger partial charge is 0.338 e. The highest BCUT2D eigenvalue weighted by atomic mass is 35.5. The summed E-state index contributed by atoms with van der Waals surface area (Å²) in [7, 11) is 0. The van der Waals surface area contributed by atoms with Gasteiger partial charge in [-0.25, -0.2) is 4.79 Å². The number of allylic oxidation sites excluding steroid dienone is 2. The molecule has 6 heteroatoms. The molecule has 0 aliphatic carbocycles. The Kier molecular flexibility index (Phi) is 5.30. The number of hydrogen-bond donors (Lipinski definition) is 1. The minimum atomic E-state index is -0.650. The van der Waals surface area contributed by atoms with Crippen LogP contribution in [0.2, 0.25) is 0 Å². The molecule has 0 amide bonds. The number of hydrogen-bond acceptors (Lipinski definition) is 5. The highest BCUT2D eigenvalue weighted by Gasteiger charge is 2.37. The summed E-state index contributed by atoms with van der Waals surface area (Å²) in [6.45, 7) is 3.82. The number of nitrogens with zero attached hydrogens (tertiary/aromatic N) is 1. The lowest BCUT2D eigenvalue weighted by Crippen LogP contribution is -2.27. The Balaban J connectivity index is 2.69. The average molecular weight is 333 g/mol. The molecule has 0 unspecified atom stereocenters. The largest absolute Gasteiger partial charge is 0.463 e. The molecule has 120 valence electrons. The number of nitrogens with two attached hydrogens (primary N) is 1. The van der Waals surface area contributed by atoms with Crippen molar-refractivity contribution in [1.29, 1.82) is 5.26 Å². The van der Waals surface area contributed by atoms with Gasteiger partial charge < -0.3 is 15.2 Å². The maximum atomic E-state index is 12.4. The van der Waals surface area contributed by atoms with Gasteiger partial charge in [0.15, 0.2) is 0 Å². The van der Waals surface area contributed by atoms with Crippen LogP contribution in [0, 0.1) is 18.3 Å². The molecule has 0 radical (unpaired) electrons. The summed E-state index contributed by atoms with van der Waals surface area (Å²) < 4.78 is 10.5. The molecule has 1 aromatic rings. The Hall–Kier alpha value is -2.45. The van der Waals surface area contributed by atoms with Gasteiger partial charge in [0, 0.05) is 0 Å². The standard InChI is InChI=1S/C17H17ClN2O3/c1-3-22-17(21)15-13(8-18)23-16(20)12(9-19)14(15)11-7-5-4-6-10(11)2/h4-7,14H,3,8,20H2,1-2H3/t14-/m1/s1. The van der Waals surface area contributed by atoms with E-state index in [1.807, 2.05) is 37.3 Å². The molecule has 0 spiro atoms. The molecule has 0 aromatic heterocycles. The maximum absolute atomic E-state index is 12.4. The molecule has 23 heavy (non-hydrogen) atoms. The van der Waals surface area contributed by atoms with Gasteiger partial charge in [-0.05, 0) is 25.0 Å². The number of aryl methyl sites for hydroxylation is 1. The van der Waals surface area contributed by atoms with Crippen LogP contribution in [0.3, 0.4) is 0 Å². The molecule has 2 rings (SSSR count). The van der Waals surface area contributed by atoms with Crippen molar-refractivity contribution in [2.24, 2.45) is 5.73 Å². The summed E-state index contributed by atoms with van der Waals surface area (Å²) in [4.78, 5) is 12.4. The zero-order valence-electron chi connectivity index (χ0n) is 12.9. The van der Waals surface area contributed by atoms with Crippen molar-refractivity contribution < 1.29 is 14.3 Å². The fourth-order valence-electron chi connectivity index (χ4n) is 2.57. The van der Waals surface area contributed by atoms with Crippen molar-refractivity contribution >= 4 is 17.6 Å². The van der Waals surface area contributed by atoms with Gasteiger partial charge in [-0.2, -0.15) is 5.26 Å². The van der Waals surface area contributed by atoms with Crippen LogP contribution in [0.4, 0.5) is 0 Å². The van der Waals surface area contributed by atoms with Crippen molar-refractivity contribution in [2.45, 2.75) is 19.8 Å². The number of ether oxygens (including phenoxy) is 2. The summed E-state index contributed by atoms with van der Waals surface area (Å²) in [5.41, 5.74) is 7.98. The molecule has 0 fully saturated rings. The van der Waals surface area contributed by atoms with E-state index in [0.29, 0.717) is 0 Å². The summed E-state index contributed by atoms with van der Waals surface area (Å²) >= 11 is 5.92. The number of benzene rings is 1. The number of carbonyl (C=O) groups excluding carboxylic acids is 1. The molecule has 5 nitrogen and oxygen atoms in total. The van der Waals surface area contributed by atoms with E-state index < -0.39 is 11.9 Å². The van der Waals surface area contributed by atoms with Crippen molar-refractivity contribution in [2.75, 3.05) is 12.5 Å². The molecule has 1 atom stereocenters. The highest BCUT2D eigenvalue weighted by Crippen LogP contribution is 2.40. The topological polar surface area (TPSA) is 85.3 Å². The lowest BCUT2D eigenvalue weighted by atomic mass is 9.81. The van der Waals surface area contributed by atoms with Gasteiger partial charge in [-0.3, -0.25) is 0 Å². The maximum Gasteiger partial charge on any atom is 0.338 e. The van der Waals surface area contributed by atoms with Crippen LogP contribution in [-0.4, -0.2) is 18.5 Å². The Bertz CT molecular complexity index is 732. The first-order valence-electron chi connectivity index (χ1n) is 7.14. The van der Waals surface area contributed by atoms with Gasteiger partial charge >= 0.3 is 5.97 Å². The molecule has 1 aliphatic heterocycles. The second kappa shape index (κ2) is 7.21. The fourth-order valence-corrected chi connectivity index (χ4v) is 2.77. The molecule has 1 heterocycles. The third-order valence-electron chi connectivity index (χ3n) is 3.61. The van der Waals surface area contributed by atoms with E-state index in [0.717, 1.165) is 11.1 Å². The van der Waals surface area contributed by atoms with Gasteiger partial charge in [0.25, 0.3) is 0 Å². The molecule has 2 N–H and O–H groups in total. The SMILES string of the molecule is CCOC(=O)C1=C(CCl)OC(N)=C(C#N)[C@H]1c1ccccc1C. The van der Waals surface area contributed by atoms with Crippen LogP contribution in [0.15, 0.2) is 47.1 Å². The highest BCUT2D eigenvalue weighted by molar-refractivity contribution is 6.19. The van der Waals surface area contributed by atoms with Crippen LogP contribution in [0.5, 0.6) is 0 Å². The minimum absolute atomic E-state index is 0.0375. The van der Waals surface area contributed by atoms with Gasteiger partial charge in [0.05, 0.1) is 24.0 Å². The van der Waals surface area contributed by atoms with E-state index in [-0.39, 0.29) is 35.3 Å². The number of rotatable bonds is 4. The first-order valence-corrected chi connectivity index (χ1v) is 7.67. The Morgan fingerprint density at radius 2 is 2.17 bits per heavy atom. The van der Waals surface area contributed by atoms with Crippen molar-refractivity contribution in [3.63, 3.8) is 0 Å². The number of nitriles is 1. The van der Waals surface area contributed by atoms with E-state index in [1.165, 1.54) is 0 Å². The van der Waals surface area contributed by atoms with E-state index in [2.05, 4.69) is 0 Å². The minimum Gasteiger partial charge on any atom is -0.463 e. The van der Waals surface area contributed by atoms with Crippen LogP contribution in [-0.2, 0) is 14.3 Å². The second-order valence-electron chi connectivity index (χ2n) is 4.97. The van der Waals surface area contributed by atoms with E-state index in [1.54, 1.807) is 6.92 Å². The van der Waals surface area contributed by atoms with Crippen molar-refractivity contribution in [3.8, 4) is 6.07 Å². The first kappa shape index (κ1) is 16.9. The number of alkyl halides is 1. The third kappa shape index (κ3) is 3.17. The van der Waals surface area contributed by atoms with Gasteiger partial charge in [-0.1, -0.05) is 24.3 Å². The van der Waals surface area contributed by atoms with Gasteiger partial charge in [0.1, 0.15) is 17.4 Å². The zero-order chi connectivity index (χ0) is 17.0. The lowest BCUT2D eigenvalue weighted by molar-refractivity contribution is -0.139. The normalized spacial score (nSPS) is 17.6. The van der Waals surface area contributed by atoms with Crippen molar-refractivity contribution in [3.05, 3.63) is 58.2 Å². The summed E-state index contributed by atoms with van der Waals surface area (Å²) in [6.07, 6.45) is 0. The average Bonchev–Trinajstić information content (AvgIpc) is 2.54. The summed E-state index contributed by atoms with van der Waals surface area (Å²) in [5.74, 6) is -1.07. The fraction of sp³-hybridized carbons (Fsp3) is 0.294. The van der Waals surface area contributed by atoms with Crippen LogP contribution < -0.4 is 5.73 Å². The molecule has 0 saturated heterocycles. The number of carbonyl (C=O) groups is 1. The first-order chi connectivity index (χ1) is 11.0. The van der Waals surface area contributed by atoms with Crippen molar-refractivity contribution in [1.82, 2.24) is 0 Å². The Labute approximate surface area is 139 Å². The van der Waals surface area contributed by atoms with Crippen LogP contribution in [0.1, 0.15) is 24.0 Å². The molecule has 0 saturated carbocycles. The van der Waals surface area contributed by atoms with Crippen LogP contribution in [0.25, 0.3) is 0 Å². The van der Waals surface area contributed by atoms with E-state index >= 15 is 0 Å². The monoisotopic (exact) mass is 332 g/mol. The third-order valence-corrected chi connectivity index (χ3v) is 3.86. The molecular weight excluding hydrogens is 316 g/mol. The van der Waals surface area contributed by atoms with E-state index in [4.69, 9.17) is 26.8 Å². The molecule has 0 bridgehead atoms. The second-order valence-corrected chi connectivity index (χ2v) is 5.24. The molecule has 1 aromatic carbocycles. The predicted octanol–water partition coefficient (Wildman–Crippen LogP) is 2.86. The summed E-state index contributed by atoms with van der Waals surface area (Å²) in [5, 5.41) is 9.50. The zero-order valence-corrected chi connectivity index (χ0v) is 13.7. The predicted molar refractivity (Wildman–Crippen MR) is 86.2 cm³/mol. The van der Waals surface area contributed by atoms with Gasteiger partial charge in [-0.15, -0.1) is 11.6 Å². The van der Waals surface area contributed by atoms with Gasteiger partial charge in [0.2, 0.25) is 5.88 Å². The van der Waals surface area contributed by atoms with E-state index in [9.17, 15) is 10.1 Å². The summed E-state index contributed by atoms with van der Waals surface area (Å²) in [6, 6.07) is 9.52. The number of esters is 1. The Morgan fingerprint density at radius 3 is 2.74 bits per heavy atom. The molecular formula is C17H17ClN2O3. The van der Waals surface area contributed by atoms with Crippen LogP contribution >= 0.6 is 11.6 Å². The quantitative estimate of drug-likeness (QED) is 0.677.